The number of amides is 1. The fraction of sp³-hybridized carbons (Fsp3) is 0.421. The molecule has 136 valence electrons. The Bertz CT molecular complexity index is 894. The van der Waals surface area contributed by atoms with Gasteiger partial charge in [0.2, 0.25) is 5.91 Å². The second-order valence-corrected chi connectivity index (χ2v) is 8.02. The van der Waals surface area contributed by atoms with E-state index in [1.165, 1.54) is 0 Å². The van der Waals surface area contributed by atoms with Crippen LogP contribution in [0, 0.1) is 11.8 Å². The number of hydrogen-bond donors (Lipinski definition) is 3. The highest BCUT2D eigenvalue weighted by Gasteiger charge is 2.28. The van der Waals surface area contributed by atoms with Crippen LogP contribution < -0.4 is 11.1 Å². The van der Waals surface area contributed by atoms with Crippen LogP contribution in [0.5, 0.6) is 0 Å². The van der Waals surface area contributed by atoms with E-state index in [9.17, 15) is 4.79 Å². The van der Waals surface area contributed by atoms with Crippen LogP contribution in [0.25, 0.3) is 21.6 Å². The van der Waals surface area contributed by atoms with Crippen molar-refractivity contribution in [2.24, 2.45) is 17.6 Å². The van der Waals surface area contributed by atoms with Crippen molar-refractivity contribution in [3.63, 3.8) is 0 Å². The summed E-state index contributed by atoms with van der Waals surface area (Å²) in [5.41, 5.74) is 10.3. The van der Waals surface area contributed by atoms with E-state index in [0.717, 1.165) is 53.0 Å². The van der Waals surface area contributed by atoms with Gasteiger partial charge in [0.25, 0.3) is 0 Å². The molecule has 1 fully saturated rings. The number of carbonyl (C=O) groups excluding carboxylic acids is 1. The minimum atomic E-state index is 0.0631. The van der Waals surface area contributed by atoms with Crippen LogP contribution in [0.4, 0.5) is 5.69 Å². The highest BCUT2D eigenvalue weighted by atomic mass is 32.1. The molecule has 0 saturated heterocycles. The number of pyridine rings is 1. The maximum Gasteiger partial charge on any atom is 0.227 e. The molecular formula is C19H23N5OS. The van der Waals surface area contributed by atoms with Crippen molar-refractivity contribution >= 4 is 34.0 Å². The highest BCUT2D eigenvalue weighted by molar-refractivity contribution is 7.13. The van der Waals surface area contributed by atoms with Crippen molar-refractivity contribution in [2.45, 2.75) is 38.6 Å². The number of thiazole rings is 1. The standard InChI is InChI=1S/C19H23N5OS/c1-11(20)12-2-4-13(5-3-12)19(25)24-15-6-7-22-18-14(15)8-16(23-18)17-9-21-10-26-17/h6-13H,2-5,20H2,1H3,(H2,22,23,24,25)/t11?,12-,13-. The molecule has 1 unspecified atom stereocenters. The van der Waals surface area contributed by atoms with Gasteiger partial charge in [-0.05, 0) is 50.7 Å². The van der Waals surface area contributed by atoms with Crippen LogP contribution in [0.2, 0.25) is 0 Å². The highest BCUT2D eigenvalue weighted by Crippen LogP contribution is 2.33. The summed E-state index contributed by atoms with van der Waals surface area (Å²) >= 11 is 1.57. The van der Waals surface area contributed by atoms with E-state index in [0.29, 0.717) is 5.92 Å². The van der Waals surface area contributed by atoms with Crippen LogP contribution in [0.15, 0.2) is 30.0 Å². The van der Waals surface area contributed by atoms with Gasteiger partial charge in [0.1, 0.15) is 5.65 Å². The second-order valence-electron chi connectivity index (χ2n) is 7.13. The van der Waals surface area contributed by atoms with Crippen LogP contribution in [-0.4, -0.2) is 26.9 Å². The molecular weight excluding hydrogens is 346 g/mol. The average Bonchev–Trinajstić information content (AvgIpc) is 3.31. The summed E-state index contributed by atoms with van der Waals surface area (Å²) in [5.74, 6) is 0.701. The predicted molar refractivity (Wildman–Crippen MR) is 105 cm³/mol. The van der Waals surface area contributed by atoms with Crippen molar-refractivity contribution in [3.8, 4) is 10.6 Å². The Balaban J connectivity index is 1.51. The molecule has 1 aliphatic rings. The summed E-state index contributed by atoms with van der Waals surface area (Å²) in [7, 11) is 0. The van der Waals surface area contributed by atoms with E-state index in [2.05, 4.69) is 27.2 Å². The van der Waals surface area contributed by atoms with Gasteiger partial charge in [-0.1, -0.05) is 0 Å². The Labute approximate surface area is 156 Å². The first-order valence-corrected chi connectivity index (χ1v) is 9.93. The summed E-state index contributed by atoms with van der Waals surface area (Å²) in [6.45, 7) is 2.06. The number of aromatic nitrogens is 3. The number of carbonyl (C=O) groups is 1. The van der Waals surface area contributed by atoms with Crippen molar-refractivity contribution in [2.75, 3.05) is 5.32 Å². The van der Waals surface area contributed by atoms with Gasteiger partial charge in [-0.15, -0.1) is 11.3 Å². The van der Waals surface area contributed by atoms with E-state index < -0.39 is 0 Å². The summed E-state index contributed by atoms with van der Waals surface area (Å²) in [5, 5.41) is 4.04. The van der Waals surface area contributed by atoms with Crippen LogP contribution in [-0.2, 0) is 4.79 Å². The van der Waals surface area contributed by atoms with Gasteiger partial charge < -0.3 is 16.0 Å². The fourth-order valence-corrected chi connectivity index (χ4v) is 4.35. The van der Waals surface area contributed by atoms with Gasteiger partial charge in [-0.2, -0.15) is 0 Å². The summed E-state index contributed by atoms with van der Waals surface area (Å²) in [6, 6.07) is 4.10. The molecule has 1 atom stereocenters. The van der Waals surface area contributed by atoms with E-state index in [4.69, 9.17) is 5.73 Å². The summed E-state index contributed by atoms with van der Waals surface area (Å²) in [4.78, 5) is 25.6. The van der Waals surface area contributed by atoms with Gasteiger partial charge in [0.15, 0.2) is 0 Å². The zero-order chi connectivity index (χ0) is 18.1. The minimum Gasteiger partial charge on any atom is -0.338 e. The number of aromatic amines is 1. The molecule has 26 heavy (non-hydrogen) atoms. The largest absolute Gasteiger partial charge is 0.338 e. The van der Waals surface area contributed by atoms with Gasteiger partial charge in [-0.25, -0.2) is 4.98 Å². The number of anilines is 1. The molecule has 7 heteroatoms. The molecule has 4 rings (SSSR count). The molecule has 0 aromatic carbocycles. The van der Waals surface area contributed by atoms with Crippen molar-refractivity contribution in [3.05, 3.63) is 30.0 Å². The Hall–Kier alpha value is -2.25. The lowest BCUT2D eigenvalue weighted by atomic mass is 9.79. The SMILES string of the molecule is CC(N)[C@H]1CC[C@H](C(=O)Nc2ccnc3[nH]c(-c4cncs4)cc23)CC1. The monoisotopic (exact) mass is 369 g/mol. The van der Waals surface area contributed by atoms with Crippen LogP contribution in [0.1, 0.15) is 32.6 Å². The first kappa shape index (κ1) is 17.2. The maximum absolute atomic E-state index is 12.7. The molecule has 1 amide bonds. The summed E-state index contributed by atoms with van der Waals surface area (Å²) < 4.78 is 0. The van der Waals surface area contributed by atoms with E-state index in [1.807, 2.05) is 18.3 Å². The predicted octanol–water partition coefficient (Wildman–Crippen LogP) is 3.78. The number of nitrogens with two attached hydrogens (primary N) is 1. The molecule has 4 N–H and O–H groups in total. The third kappa shape index (κ3) is 3.37. The molecule has 3 heterocycles. The molecule has 3 aromatic heterocycles. The molecule has 1 aliphatic carbocycles. The zero-order valence-corrected chi connectivity index (χ0v) is 15.6. The third-order valence-corrected chi connectivity index (χ3v) is 6.18. The first-order valence-electron chi connectivity index (χ1n) is 9.05. The van der Waals surface area contributed by atoms with E-state index in [-0.39, 0.29) is 17.9 Å². The Morgan fingerprint density at radius 2 is 2.19 bits per heavy atom. The van der Waals surface area contributed by atoms with Gasteiger partial charge >= 0.3 is 0 Å². The smallest absolute Gasteiger partial charge is 0.227 e. The van der Waals surface area contributed by atoms with Crippen molar-refractivity contribution in [1.82, 2.24) is 15.0 Å². The second kappa shape index (κ2) is 7.17. The lowest BCUT2D eigenvalue weighted by molar-refractivity contribution is -0.121. The van der Waals surface area contributed by atoms with Gasteiger partial charge in [-0.3, -0.25) is 9.78 Å². The number of nitrogens with zero attached hydrogens (tertiary/aromatic N) is 2. The molecule has 0 radical (unpaired) electrons. The molecule has 6 nitrogen and oxygen atoms in total. The Morgan fingerprint density at radius 3 is 2.88 bits per heavy atom. The Kier molecular flexibility index (Phi) is 4.74. The molecule has 0 bridgehead atoms. The molecule has 0 spiro atoms. The lowest BCUT2D eigenvalue weighted by Crippen LogP contribution is -2.33. The maximum atomic E-state index is 12.7. The zero-order valence-electron chi connectivity index (χ0n) is 14.7. The van der Waals surface area contributed by atoms with E-state index >= 15 is 0 Å². The van der Waals surface area contributed by atoms with Gasteiger partial charge in [0, 0.05) is 29.7 Å². The molecule has 3 aromatic rings. The van der Waals surface area contributed by atoms with Gasteiger partial charge in [0.05, 0.1) is 21.8 Å². The first-order chi connectivity index (χ1) is 12.6. The third-order valence-electron chi connectivity index (χ3n) is 5.37. The minimum absolute atomic E-state index is 0.0631. The topological polar surface area (TPSA) is 96.7 Å². The molecule has 1 saturated carbocycles. The number of rotatable bonds is 4. The van der Waals surface area contributed by atoms with Crippen LogP contribution in [0.3, 0.4) is 0 Å². The number of H-pyrrole nitrogens is 1. The lowest BCUT2D eigenvalue weighted by Gasteiger charge is -2.30. The van der Waals surface area contributed by atoms with Crippen molar-refractivity contribution in [1.29, 1.82) is 0 Å². The number of fused-ring (bicyclic) bond motifs is 1. The molecule has 0 aliphatic heterocycles. The van der Waals surface area contributed by atoms with Crippen LogP contribution >= 0.6 is 11.3 Å². The average molecular weight is 369 g/mol. The number of nitrogens with one attached hydrogen (secondary N) is 2. The number of hydrogen-bond acceptors (Lipinski definition) is 5. The van der Waals surface area contributed by atoms with Crippen molar-refractivity contribution < 1.29 is 4.79 Å². The quantitative estimate of drug-likeness (QED) is 0.652. The normalized spacial score (nSPS) is 21.6. The summed E-state index contributed by atoms with van der Waals surface area (Å²) in [6.07, 6.45) is 7.42. The fourth-order valence-electron chi connectivity index (χ4n) is 3.76. The Morgan fingerprint density at radius 1 is 1.38 bits per heavy atom. The van der Waals surface area contributed by atoms with E-state index in [1.54, 1.807) is 23.0 Å².